The molecule has 3 aliphatic rings. The number of aliphatic imine (C=N–C) groups is 1. The fourth-order valence-electron chi connectivity index (χ4n) is 4.27. The Hall–Kier alpha value is -3.10. The van der Waals surface area contributed by atoms with Crippen LogP contribution in [0.2, 0.25) is 0 Å². The standard InChI is InChI=1S/C19H24N6O3/c1-13(26)22-17-21-9-3-10-23(17)14-4-6-15(7-5-14)24-12-19(16(20)27)8-2-11-25(19)18(24)28/h4-7H,2-3,8-12H2,1H3,(H2,20,27)(H,21,22,26)/t19-/m1/s1. The molecule has 0 spiro atoms. The Morgan fingerprint density at radius 2 is 1.79 bits per heavy atom. The molecule has 2 saturated heterocycles. The topological polar surface area (TPSA) is 111 Å². The first-order valence-corrected chi connectivity index (χ1v) is 9.51. The van der Waals surface area contributed by atoms with E-state index >= 15 is 0 Å². The van der Waals surface area contributed by atoms with Gasteiger partial charge in [0.15, 0.2) is 0 Å². The molecule has 0 saturated carbocycles. The predicted molar refractivity (Wildman–Crippen MR) is 105 cm³/mol. The van der Waals surface area contributed by atoms with E-state index in [2.05, 4.69) is 10.3 Å². The van der Waals surface area contributed by atoms with E-state index < -0.39 is 11.4 Å². The number of primary amides is 1. The van der Waals surface area contributed by atoms with Crippen molar-refractivity contribution in [2.24, 2.45) is 10.7 Å². The van der Waals surface area contributed by atoms with Gasteiger partial charge in [-0.25, -0.2) is 4.79 Å². The highest BCUT2D eigenvalue weighted by atomic mass is 16.2. The lowest BCUT2D eigenvalue weighted by Gasteiger charge is -2.29. The lowest BCUT2D eigenvalue weighted by molar-refractivity contribution is -0.125. The summed E-state index contributed by atoms with van der Waals surface area (Å²) in [6.45, 7) is 3.72. The Kier molecular flexibility index (Phi) is 4.44. The van der Waals surface area contributed by atoms with Gasteiger partial charge in [0.05, 0.1) is 6.54 Å². The summed E-state index contributed by atoms with van der Waals surface area (Å²) in [6, 6.07) is 7.31. The molecule has 148 valence electrons. The Morgan fingerprint density at radius 1 is 1.11 bits per heavy atom. The number of rotatable bonds is 3. The van der Waals surface area contributed by atoms with Gasteiger partial charge in [-0.2, -0.15) is 0 Å². The van der Waals surface area contributed by atoms with E-state index in [4.69, 9.17) is 5.73 Å². The summed E-state index contributed by atoms with van der Waals surface area (Å²) in [6.07, 6.45) is 2.29. The van der Waals surface area contributed by atoms with E-state index in [9.17, 15) is 14.4 Å². The van der Waals surface area contributed by atoms with Crippen molar-refractivity contribution in [3.05, 3.63) is 24.3 Å². The number of nitrogens with two attached hydrogens (primary N) is 1. The molecule has 1 aromatic carbocycles. The van der Waals surface area contributed by atoms with E-state index in [0.717, 1.165) is 30.8 Å². The van der Waals surface area contributed by atoms with Gasteiger partial charge < -0.3 is 15.5 Å². The maximum atomic E-state index is 12.8. The third-order valence-electron chi connectivity index (χ3n) is 5.65. The number of benzene rings is 1. The zero-order chi connectivity index (χ0) is 19.9. The lowest BCUT2D eigenvalue weighted by atomic mass is 9.96. The van der Waals surface area contributed by atoms with Crippen molar-refractivity contribution in [1.29, 1.82) is 0 Å². The molecular weight excluding hydrogens is 360 g/mol. The molecule has 28 heavy (non-hydrogen) atoms. The minimum atomic E-state index is -0.895. The van der Waals surface area contributed by atoms with Crippen molar-refractivity contribution >= 4 is 35.2 Å². The first-order chi connectivity index (χ1) is 13.4. The number of hydrogen-bond donors (Lipinski definition) is 2. The molecule has 3 N–H and O–H groups in total. The van der Waals surface area contributed by atoms with Crippen LogP contribution in [-0.4, -0.2) is 60.4 Å². The molecule has 4 amide bonds. The summed E-state index contributed by atoms with van der Waals surface area (Å²) in [5, 5.41) is 2.77. The van der Waals surface area contributed by atoms with Crippen LogP contribution < -0.4 is 20.9 Å². The fraction of sp³-hybridized carbons (Fsp3) is 0.474. The third-order valence-corrected chi connectivity index (χ3v) is 5.65. The predicted octanol–water partition coefficient (Wildman–Crippen LogP) is 0.649. The smallest absolute Gasteiger partial charge is 0.325 e. The second-order valence-electron chi connectivity index (χ2n) is 7.43. The van der Waals surface area contributed by atoms with E-state index in [1.807, 2.05) is 29.2 Å². The van der Waals surface area contributed by atoms with Crippen molar-refractivity contribution < 1.29 is 14.4 Å². The minimum absolute atomic E-state index is 0.165. The number of nitrogens with one attached hydrogen (secondary N) is 1. The summed E-state index contributed by atoms with van der Waals surface area (Å²) in [4.78, 5) is 45.9. The van der Waals surface area contributed by atoms with Gasteiger partial charge in [0.2, 0.25) is 17.8 Å². The van der Waals surface area contributed by atoms with Gasteiger partial charge in [0, 0.05) is 37.9 Å². The van der Waals surface area contributed by atoms with Crippen LogP contribution >= 0.6 is 0 Å². The quantitative estimate of drug-likeness (QED) is 0.797. The van der Waals surface area contributed by atoms with E-state index in [1.165, 1.54) is 6.92 Å². The van der Waals surface area contributed by atoms with Crippen LogP contribution in [0.25, 0.3) is 0 Å². The molecule has 0 unspecified atom stereocenters. The first-order valence-electron chi connectivity index (χ1n) is 9.51. The summed E-state index contributed by atoms with van der Waals surface area (Å²) in [5.74, 6) is -0.0682. The second kappa shape index (κ2) is 6.81. The number of carbonyl (C=O) groups excluding carboxylic acids is 3. The highest BCUT2D eigenvalue weighted by Crippen LogP contribution is 2.39. The molecule has 0 bridgehead atoms. The number of nitrogens with zero attached hydrogens (tertiary/aromatic N) is 4. The van der Waals surface area contributed by atoms with Crippen LogP contribution in [0.4, 0.5) is 16.2 Å². The molecule has 3 heterocycles. The molecule has 0 aromatic heterocycles. The number of hydrogen-bond acceptors (Lipinski definition) is 5. The SMILES string of the molecule is CC(=O)NC1=NCCCN1c1ccc(N2C[C@@]3(C(N)=O)CCCN3C2=O)cc1. The summed E-state index contributed by atoms with van der Waals surface area (Å²) >= 11 is 0. The zero-order valence-corrected chi connectivity index (χ0v) is 15.9. The Balaban J connectivity index is 1.56. The third kappa shape index (κ3) is 2.87. The molecule has 1 atom stereocenters. The fourth-order valence-corrected chi connectivity index (χ4v) is 4.27. The first kappa shape index (κ1) is 18.3. The van der Waals surface area contributed by atoms with Crippen molar-refractivity contribution in [3.63, 3.8) is 0 Å². The highest BCUT2D eigenvalue weighted by Gasteiger charge is 2.56. The second-order valence-corrected chi connectivity index (χ2v) is 7.43. The lowest BCUT2D eigenvalue weighted by Crippen LogP contribution is -2.52. The average Bonchev–Trinajstić information content (AvgIpc) is 3.22. The highest BCUT2D eigenvalue weighted by molar-refractivity contribution is 6.06. The molecule has 3 aliphatic heterocycles. The minimum Gasteiger partial charge on any atom is -0.368 e. The van der Waals surface area contributed by atoms with Crippen molar-refractivity contribution in [2.75, 3.05) is 36.0 Å². The average molecular weight is 384 g/mol. The van der Waals surface area contributed by atoms with Gasteiger partial charge in [-0.05, 0) is 43.5 Å². The van der Waals surface area contributed by atoms with Crippen LogP contribution in [0, 0.1) is 0 Å². The Bertz CT molecular complexity index is 852. The van der Waals surface area contributed by atoms with Crippen LogP contribution in [0.3, 0.4) is 0 Å². The number of fused-ring (bicyclic) bond motifs is 1. The summed E-state index contributed by atoms with van der Waals surface area (Å²) in [7, 11) is 0. The van der Waals surface area contributed by atoms with Crippen LogP contribution in [-0.2, 0) is 9.59 Å². The van der Waals surface area contributed by atoms with Crippen LogP contribution in [0.1, 0.15) is 26.2 Å². The number of anilines is 2. The number of urea groups is 1. The van der Waals surface area contributed by atoms with Crippen LogP contribution in [0.5, 0.6) is 0 Å². The van der Waals surface area contributed by atoms with E-state index in [-0.39, 0.29) is 18.5 Å². The van der Waals surface area contributed by atoms with Crippen molar-refractivity contribution in [3.8, 4) is 0 Å². The molecule has 0 aliphatic carbocycles. The monoisotopic (exact) mass is 384 g/mol. The van der Waals surface area contributed by atoms with E-state index in [1.54, 1.807) is 9.80 Å². The van der Waals surface area contributed by atoms with Crippen LogP contribution in [0.15, 0.2) is 29.3 Å². The summed E-state index contributed by atoms with van der Waals surface area (Å²) < 4.78 is 0. The molecule has 0 radical (unpaired) electrons. The van der Waals surface area contributed by atoms with Gasteiger partial charge in [0.25, 0.3) is 0 Å². The zero-order valence-electron chi connectivity index (χ0n) is 15.9. The van der Waals surface area contributed by atoms with Gasteiger partial charge in [-0.3, -0.25) is 24.8 Å². The maximum Gasteiger partial charge on any atom is 0.325 e. The molecule has 9 nitrogen and oxygen atoms in total. The largest absolute Gasteiger partial charge is 0.368 e. The van der Waals surface area contributed by atoms with Crippen molar-refractivity contribution in [2.45, 2.75) is 31.7 Å². The van der Waals surface area contributed by atoms with Gasteiger partial charge >= 0.3 is 6.03 Å². The number of amides is 4. The number of guanidine groups is 1. The van der Waals surface area contributed by atoms with Gasteiger partial charge in [-0.15, -0.1) is 0 Å². The Labute approximate surface area is 163 Å². The summed E-state index contributed by atoms with van der Waals surface area (Å²) in [5.41, 5.74) is 6.35. The normalized spacial score (nSPS) is 24.2. The molecular formula is C19H24N6O3. The van der Waals surface area contributed by atoms with Gasteiger partial charge in [-0.1, -0.05) is 0 Å². The Morgan fingerprint density at radius 3 is 2.39 bits per heavy atom. The van der Waals surface area contributed by atoms with Gasteiger partial charge in [0.1, 0.15) is 5.54 Å². The number of carbonyl (C=O) groups is 3. The maximum absolute atomic E-state index is 12.8. The molecule has 9 heteroatoms. The molecule has 4 rings (SSSR count). The van der Waals surface area contributed by atoms with E-state index in [0.29, 0.717) is 25.5 Å². The molecule has 2 fully saturated rings. The molecule has 1 aromatic rings. The van der Waals surface area contributed by atoms with Crippen molar-refractivity contribution in [1.82, 2.24) is 10.2 Å².